The molecule has 0 aliphatic heterocycles. The summed E-state index contributed by atoms with van der Waals surface area (Å²) in [5, 5.41) is 8.97. The van der Waals surface area contributed by atoms with E-state index in [1.165, 1.54) is 0 Å². The minimum absolute atomic E-state index is 0.0649. The fraction of sp³-hybridized carbons (Fsp3) is 0.417. The highest BCUT2D eigenvalue weighted by Crippen LogP contribution is 2.33. The van der Waals surface area contributed by atoms with Gasteiger partial charge in [0.05, 0.1) is 12.7 Å². The Hall–Kier alpha value is -1.78. The molecule has 0 bridgehead atoms. The molecule has 0 amide bonds. The van der Waals surface area contributed by atoms with Crippen LogP contribution in [0, 0.1) is 5.82 Å². The van der Waals surface area contributed by atoms with Crippen molar-refractivity contribution < 1.29 is 23.8 Å². The molecule has 1 aromatic carbocycles. The maximum atomic E-state index is 13.3. The first-order valence-electron chi connectivity index (χ1n) is 5.32. The Labute approximate surface area is 99.0 Å². The molecule has 0 unspecified atom stereocenters. The number of aromatic carboxylic acids is 1. The molecular weight excluding hydrogens is 227 g/mol. The predicted octanol–water partition coefficient (Wildman–Crippen LogP) is 2.71. The van der Waals surface area contributed by atoms with E-state index < -0.39 is 11.8 Å². The normalized spacial score (nSPS) is 10.4. The Bertz CT molecular complexity index is 415. The lowest BCUT2D eigenvalue weighted by molar-refractivity contribution is 0.0690. The van der Waals surface area contributed by atoms with Gasteiger partial charge in [0, 0.05) is 6.07 Å². The highest BCUT2D eigenvalue weighted by atomic mass is 19.1. The molecule has 94 valence electrons. The third-order valence-electron chi connectivity index (χ3n) is 1.90. The van der Waals surface area contributed by atoms with E-state index in [9.17, 15) is 9.18 Å². The van der Waals surface area contributed by atoms with Gasteiger partial charge in [0.1, 0.15) is 11.4 Å². The zero-order chi connectivity index (χ0) is 13.0. The van der Waals surface area contributed by atoms with Gasteiger partial charge in [-0.1, -0.05) is 0 Å². The molecular formula is C12H15FO4. The number of hydrogen-bond acceptors (Lipinski definition) is 3. The molecule has 0 fully saturated rings. The average molecular weight is 242 g/mol. The molecule has 0 heterocycles. The van der Waals surface area contributed by atoms with Gasteiger partial charge in [-0.15, -0.1) is 0 Å². The number of carboxylic acid groups (broad SMARTS) is 1. The summed E-state index contributed by atoms with van der Waals surface area (Å²) in [7, 11) is 0. The molecule has 0 aromatic heterocycles. The van der Waals surface area contributed by atoms with Gasteiger partial charge < -0.3 is 14.6 Å². The molecule has 17 heavy (non-hydrogen) atoms. The van der Waals surface area contributed by atoms with Crippen molar-refractivity contribution in [2.75, 3.05) is 6.61 Å². The molecule has 1 rings (SSSR count). The van der Waals surface area contributed by atoms with Crippen LogP contribution in [0.5, 0.6) is 11.5 Å². The minimum atomic E-state index is -1.25. The second-order valence-corrected chi connectivity index (χ2v) is 3.69. The van der Waals surface area contributed by atoms with Gasteiger partial charge in [-0.3, -0.25) is 0 Å². The predicted molar refractivity (Wildman–Crippen MR) is 60.3 cm³/mol. The smallest absolute Gasteiger partial charge is 0.339 e. The van der Waals surface area contributed by atoms with Crippen molar-refractivity contribution in [3.8, 4) is 11.5 Å². The SMILES string of the molecule is CCOc1c(OC(C)C)cc(F)cc1C(=O)O. The summed E-state index contributed by atoms with van der Waals surface area (Å²) >= 11 is 0. The van der Waals surface area contributed by atoms with Crippen LogP contribution in [0.2, 0.25) is 0 Å². The summed E-state index contributed by atoms with van der Waals surface area (Å²) in [5.41, 5.74) is -0.234. The first-order valence-corrected chi connectivity index (χ1v) is 5.32. The van der Waals surface area contributed by atoms with Crippen molar-refractivity contribution in [3.05, 3.63) is 23.5 Å². The molecule has 0 radical (unpaired) electrons. The standard InChI is InChI=1S/C12H15FO4/c1-4-16-11-9(12(14)15)5-8(13)6-10(11)17-7(2)3/h5-7H,4H2,1-3H3,(H,14,15). The van der Waals surface area contributed by atoms with Crippen molar-refractivity contribution in [2.45, 2.75) is 26.9 Å². The van der Waals surface area contributed by atoms with Gasteiger partial charge in [0.25, 0.3) is 0 Å². The molecule has 0 spiro atoms. The summed E-state index contributed by atoms with van der Waals surface area (Å²) in [4.78, 5) is 11.0. The van der Waals surface area contributed by atoms with E-state index in [4.69, 9.17) is 14.6 Å². The van der Waals surface area contributed by atoms with Crippen LogP contribution in [0.15, 0.2) is 12.1 Å². The number of hydrogen-bond donors (Lipinski definition) is 1. The second-order valence-electron chi connectivity index (χ2n) is 3.69. The zero-order valence-electron chi connectivity index (χ0n) is 9.99. The van der Waals surface area contributed by atoms with E-state index in [0.717, 1.165) is 12.1 Å². The molecule has 0 atom stereocenters. The highest BCUT2D eigenvalue weighted by molar-refractivity contribution is 5.92. The molecule has 1 N–H and O–H groups in total. The summed E-state index contributed by atoms with van der Waals surface area (Å²) in [6, 6.07) is 2.04. The van der Waals surface area contributed by atoms with E-state index in [-0.39, 0.29) is 29.8 Å². The molecule has 0 aliphatic rings. The Kier molecular flexibility index (Phi) is 4.31. The van der Waals surface area contributed by atoms with Crippen molar-refractivity contribution in [3.63, 3.8) is 0 Å². The maximum Gasteiger partial charge on any atom is 0.339 e. The first-order chi connectivity index (χ1) is 7.95. The van der Waals surface area contributed by atoms with Gasteiger partial charge >= 0.3 is 5.97 Å². The van der Waals surface area contributed by atoms with Crippen molar-refractivity contribution in [2.24, 2.45) is 0 Å². The fourth-order valence-corrected chi connectivity index (χ4v) is 1.36. The Balaban J connectivity index is 3.29. The third kappa shape index (κ3) is 3.34. The lowest BCUT2D eigenvalue weighted by Crippen LogP contribution is -2.11. The Morgan fingerprint density at radius 3 is 2.59 bits per heavy atom. The number of carbonyl (C=O) groups is 1. The van der Waals surface area contributed by atoms with Crippen LogP contribution in [0.1, 0.15) is 31.1 Å². The molecule has 5 heteroatoms. The Morgan fingerprint density at radius 1 is 1.47 bits per heavy atom. The van der Waals surface area contributed by atoms with Crippen molar-refractivity contribution in [1.82, 2.24) is 0 Å². The van der Waals surface area contributed by atoms with E-state index in [1.807, 2.05) is 0 Å². The quantitative estimate of drug-likeness (QED) is 0.862. The number of carboxylic acids is 1. The molecule has 0 aliphatic carbocycles. The van der Waals surface area contributed by atoms with Gasteiger partial charge in [-0.2, -0.15) is 0 Å². The number of rotatable bonds is 5. The van der Waals surface area contributed by atoms with Crippen LogP contribution >= 0.6 is 0 Å². The van der Waals surface area contributed by atoms with Gasteiger partial charge in [-0.05, 0) is 26.8 Å². The average Bonchev–Trinajstić information content (AvgIpc) is 2.20. The summed E-state index contributed by atoms with van der Waals surface area (Å²) in [6.07, 6.45) is -0.197. The van der Waals surface area contributed by atoms with Gasteiger partial charge in [-0.25, -0.2) is 9.18 Å². The summed E-state index contributed by atoms with van der Waals surface area (Å²) in [5.74, 6) is -1.74. The Morgan fingerprint density at radius 2 is 2.12 bits per heavy atom. The monoisotopic (exact) mass is 242 g/mol. The van der Waals surface area contributed by atoms with E-state index in [1.54, 1.807) is 20.8 Å². The topological polar surface area (TPSA) is 55.8 Å². The fourth-order valence-electron chi connectivity index (χ4n) is 1.36. The first kappa shape index (κ1) is 13.3. The second kappa shape index (κ2) is 5.52. The minimum Gasteiger partial charge on any atom is -0.489 e. The molecule has 1 aromatic rings. The van der Waals surface area contributed by atoms with Crippen LogP contribution < -0.4 is 9.47 Å². The van der Waals surface area contributed by atoms with Crippen molar-refractivity contribution >= 4 is 5.97 Å². The summed E-state index contributed by atoms with van der Waals surface area (Å²) < 4.78 is 23.8. The number of ether oxygens (including phenoxy) is 2. The van der Waals surface area contributed by atoms with Crippen LogP contribution in [-0.2, 0) is 0 Å². The van der Waals surface area contributed by atoms with Gasteiger partial charge in [0.15, 0.2) is 11.5 Å². The van der Waals surface area contributed by atoms with Crippen LogP contribution in [0.4, 0.5) is 4.39 Å². The van der Waals surface area contributed by atoms with E-state index >= 15 is 0 Å². The number of halogens is 1. The zero-order valence-corrected chi connectivity index (χ0v) is 9.99. The van der Waals surface area contributed by atoms with Crippen LogP contribution in [0.25, 0.3) is 0 Å². The van der Waals surface area contributed by atoms with Crippen molar-refractivity contribution in [1.29, 1.82) is 0 Å². The molecule has 0 saturated heterocycles. The third-order valence-corrected chi connectivity index (χ3v) is 1.90. The van der Waals surface area contributed by atoms with E-state index in [0.29, 0.717) is 0 Å². The van der Waals surface area contributed by atoms with Crippen LogP contribution in [0.3, 0.4) is 0 Å². The molecule has 4 nitrogen and oxygen atoms in total. The van der Waals surface area contributed by atoms with Gasteiger partial charge in [0.2, 0.25) is 0 Å². The lowest BCUT2D eigenvalue weighted by atomic mass is 10.1. The molecule has 0 saturated carbocycles. The van der Waals surface area contributed by atoms with E-state index in [2.05, 4.69) is 0 Å². The maximum absolute atomic E-state index is 13.3. The highest BCUT2D eigenvalue weighted by Gasteiger charge is 2.19. The van der Waals surface area contributed by atoms with Crippen LogP contribution in [-0.4, -0.2) is 23.8 Å². The number of benzene rings is 1. The summed E-state index contributed by atoms with van der Waals surface area (Å²) in [6.45, 7) is 5.52. The largest absolute Gasteiger partial charge is 0.489 e. The lowest BCUT2D eigenvalue weighted by Gasteiger charge is -2.16.